The number of azide groups is 1. The number of ketones is 1. The number of carbonyl (C=O) groups excluding carboxylic acids is 1. The molecule has 0 aromatic carbocycles. The van der Waals surface area contributed by atoms with Crippen molar-refractivity contribution in [2.75, 3.05) is 0 Å². The van der Waals surface area contributed by atoms with E-state index in [-0.39, 0.29) is 12.2 Å². The predicted octanol–water partition coefficient (Wildman–Crippen LogP) is 0.0890. The highest BCUT2D eigenvalue weighted by Gasteiger charge is 2.45. The van der Waals surface area contributed by atoms with E-state index < -0.39 is 41.6 Å². The maximum absolute atomic E-state index is 12.1. The first-order chi connectivity index (χ1) is 10.9. The molecule has 1 aliphatic rings. The van der Waals surface area contributed by atoms with Crippen molar-refractivity contribution in [2.24, 2.45) is 11.0 Å². The standard InChI is InChI=1S/C13H17N5O5/c1-3-7(19)11-9(16-17-14)6(2)10(21)12(23-11)18-5-4-8(20)15-13(18)22/h4-6,9-12,21H,3H2,1-2H3,(H,15,20,22)/t6-,9-,10+,11+,12+/m0/s1. The summed E-state index contributed by atoms with van der Waals surface area (Å²) in [6.07, 6.45) is -2.10. The van der Waals surface area contributed by atoms with Gasteiger partial charge in [-0.1, -0.05) is 19.0 Å². The second-order valence-corrected chi connectivity index (χ2v) is 5.33. The van der Waals surface area contributed by atoms with E-state index in [2.05, 4.69) is 15.0 Å². The largest absolute Gasteiger partial charge is 0.388 e. The topological polar surface area (TPSA) is 150 Å². The van der Waals surface area contributed by atoms with E-state index in [9.17, 15) is 19.5 Å². The van der Waals surface area contributed by atoms with Crippen molar-refractivity contribution in [1.29, 1.82) is 0 Å². The van der Waals surface area contributed by atoms with Crippen LogP contribution in [-0.4, -0.2) is 38.7 Å². The van der Waals surface area contributed by atoms with Gasteiger partial charge in [-0.15, -0.1) is 0 Å². The van der Waals surface area contributed by atoms with Crippen LogP contribution in [0.1, 0.15) is 26.5 Å². The summed E-state index contributed by atoms with van der Waals surface area (Å²) < 4.78 is 6.58. The number of Topliss-reactive ketones (excluding diaryl/α,β-unsaturated/α-hetero) is 1. The first kappa shape index (κ1) is 16.9. The lowest BCUT2D eigenvalue weighted by molar-refractivity contribution is -0.189. The number of aromatic amines is 1. The molecule has 1 aromatic heterocycles. The average molecular weight is 323 g/mol. The van der Waals surface area contributed by atoms with Crippen LogP contribution in [0.4, 0.5) is 0 Å². The molecule has 0 saturated carbocycles. The molecule has 23 heavy (non-hydrogen) atoms. The Balaban J connectivity index is 2.46. The van der Waals surface area contributed by atoms with Gasteiger partial charge >= 0.3 is 5.69 Å². The van der Waals surface area contributed by atoms with Crippen LogP contribution in [0.5, 0.6) is 0 Å². The molecule has 2 N–H and O–H groups in total. The van der Waals surface area contributed by atoms with Crippen molar-refractivity contribution in [3.05, 3.63) is 43.5 Å². The van der Waals surface area contributed by atoms with E-state index in [4.69, 9.17) is 10.3 Å². The Morgan fingerprint density at radius 1 is 1.57 bits per heavy atom. The number of ether oxygens (including phenoxy) is 1. The van der Waals surface area contributed by atoms with Crippen LogP contribution in [0.25, 0.3) is 10.4 Å². The molecule has 0 aliphatic carbocycles. The Morgan fingerprint density at radius 2 is 2.26 bits per heavy atom. The third-order valence-corrected chi connectivity index (χ3v) is 3.94. The van der Waals surface area contributed by atoms with Gasteiger partial charge in [0.15, 0.2) is 12.0 Å². The Hall–Kier alpha value is -2.42. The molecule has 2 rings (SSSR count). The van der Waals surface area contributed by atoms with Crippen molar-refractivity contribution >= 4 is 5.78 Å². The zero-order valence-corrected chi connectivity index (χ0v) is 12.6. The maximum atomic E-state index is 12.1. The van der Waals surface area contributed by atoms with E-state index in [1.54, 1.807) is 13.8 Å². The molecule has 124 valence electrons. The molecule has 1 saturated heterocycles. The molecule has 0 spiro atoms. The van der Waals surface area contributed by atoms with Crippen LogP contribution < -0.4 is 11.2 Å². The molecular weight excluding hydrogens is 306 g/mol. The Kier molecular flexibility index (Phi) is 4.99. The van der Waals surface area contributed by atoms with Gasteiger partial charge in [-0.05, 0) is 11.4 Å². The third kappa shape index (κ3) is 3.19. The van der Waals surface area contributed by atoms with E-state index >= 15 is 0 Å². The molecule has 10 heteroatoms. The molecule has 0 radical (unpaired) electrons. The second kappa shape index (κ2) is 6.78. The minimum Gasteiger partial charge on any atom is -0.388 e. The van der Waals surface area contributed by atoms with Crippen LogP contribution in [0.15, 0.2) is 27.0 Å². The number of H-pyrrole nitrogens is 1. The highest BCUT2D eigenvalue weighted by Crippen LogP contribution is 2.34. The maximum Gasteiger partial charge on any atom is 0.330 e. The van der Waals surface area contributed by atoms with E-state index in [1.807, 2.05) is 0 Å². The highest BCUT2D eigenvalue weighted by atomic mass is 16.5. The number of aliphatic hydroxyl groups excluding tert-OH is 1. The molecule has 2 heterocycles. The Labute approximate surface area is 130 Å². The van der Waals surface area contributed by atoms with Crippen LogP contribution in [-0.2, 0) is 9.53 Å². The smallest absolute Gasteiger partial charge is 0.330 e. The SMILES string of the molecule is CCC(=O)[C@H]1O[C@@H](n2ccc(=O)[nH]c2=O)[C@H](O)[C@@H](C)[C@@H]1N=[N+]=[N-]. The lowest BCUT2D eigenvalue weighted by atomic mass is 9.86. The zero-order valence-electron chi connectivity index (χ0n) is 12.6. The summed E-state index contributed by atoms with van der Waals surface area (Å²) in [6.45, 7) is 3.24. The van der Waals surface area contributed by atoms with E-state index in [1.165, 1.54) is 6.20 Å². The van der Waals surface area contributed by atoms with Crippen molar-refractivity contribution < 1.29 is 14.6 Å². The first-order valence-corrected chi connectivity index (χ1v) is 7.12. The number of nitrogens with one attached hydrogen (secondary N) is 1. The molecule has 1 fully saturated rings. The van der Waals surface area contributed by atoms with Crippen molar-refractivity contribution in [3.8, 4) is 0 Å². The fraction of sp³-hybridized carbons (Fsp3) is 0.615. The van der Waals surface area contributed by atoms with Crippen molar-refractivity contribution in [3.63, 3.8) is 0 Å². The molecule has 1 aromatic rings. The van der Waals surface area contributed by atoms with Gasteiger partial charge < -0.3 is 9.84 Å². The number of hydrogen-bond donors (Lipinski definition) is 2. The normalized spacial score (nSPS) is 30.5. The van der Waals surface area contributed by atoms with Crippen LogP contribution in [0.3, 0.4) is 0 Å². The molecular formula is C13H17N5O5. The molecule has 5 atom stereocenters. The number of aliphatic hydroxyl groups is 1. The summed E-state index contributed by atoms with van der Waals surface area (Å²) in [5, 5.41) is 13.9. The second-order valence-electron chi connectivity index (χ2n) is 5.33. The van der Waals surface area contributed by atoms with Crippen molar-refractivity contribution in [1.82, 2.24) is 9.55 Å². The van der Waals surface area contributed by atoms with Gasteiger partial charge in [0.25, 0.3) is 5.56 Å². The van der Waals surface area contributed by atoms with Gasteiger partial charge in [-0.2, -0.15) is 0 Å². The predicted molar refractivity (Wildman–Crippen MR) is 78.6 cm³/mol. The van der Waals surface area contributed by atoms with Gasteiger partial charge in [0.05, 0.1) is 6.04 Å². The third-order valence-electron chi connectivity index (χ3n) is 3.94. The highest BCUT2D eigenvalue weighted by molar-refractivity contribution is 5.83. The summed E-state index contributed by atoms with van der Waals surface area (Å²) >= 11 is 0. The number of nitrogens with zero attached hydrogens (tertiary/aromatic N) is 4. The minimum atomic E-state index is -1.20. The quantitative estimate of drug-likeness (QED) is 0.457. The molecule has 0 amide bonds. The molecule has 0 unspecified atom stereocenters. The molecule has 10 nitrogen and oxygen atoms in total. The zero-order chi connectivity index (χ0) is 17.1. The lowest BCUT2D eigenvalue weighted by Gasteiger charge is -2.41. The van der Waals surface area contributed by atoms with Gasteiger partial charge in [-0.25, -0.2) is 4.79 Å². The first-order valence-electron chi connectivity index (χ1n) is 7.12. The average Bonchev–Trinajstić information content (AvgIpc) is 2.52. The number of aromatic nitrogens is 2. The molecule has 0 bridgehead atoms. The monoisotopic (exact) mass is 323 g/mol. The van der Waals surface area contributed by atoms with Crippen LogP contribution in [0.2, 0.25) is 0 Å². The summed E-state index contributed by atoms with van der Waals surface area (Å²) in [5.74, 6) is -0.924. The van der Waals surface area contributed by atoms with E-state index in [0.29, 0.717) is 0 Å². The number of rotatable bonds is 4. The Bertz CT molecular complexity index is 750. The molecule has 1 aliphatic heterocycles. The van der Waals surface area contributed by atoms with Crippen molar-refractivity contribution in [2.45, 2.75) is 44.7 Å². The van der Waals surface area contributed by atoms with Gasteiger partial charge in [0.2, 0.25) is 0 Å². The summed E-state index contributed by atoms with van der Waals surface area (Å²) in [7, 11) is 0. The summed E-state index contributed by atoms with van der Waals surface area (Å²) in [5.41, 5.74) is 7.32. The number of hydrogen-bond acceptors (Lipinski definition) is 6. The van der Waals surface area contributed by atoms with Crippen LogP contribution >= 0.6 is 0 Å². The fourth-order valence-electron chi connectivity index (χ4n) is 2.60. The van der Waals surface area contributed by atoms with Gasteiger partial charge in [0.1, 0.15) is 12.2 Å². The number of carbonyl (C=O) groups is 1. The van der Waals surface area contributed by atoms with Crippen LogP contribution in [0, 0.1) is 5.92 Å². The van der Waals surface area contributed by atoms with E-state index in [0.717, 1.165) is 10.6 Å². The summed E-state index contributed by atoms with van der Waals surface area (Å²) in [6, 6.07) is 0.232. The lowest BCUT2D eigenvalue weighted by Crippen LogP contribution is -2.54. The minimum absolute atomic E-state index is 0.151. The Morgan fingerprint density at radius 3 is 2.83 bits per heavy atom. The fourth-order valence-corrected chi connectivity index (χ4v) is 2.60. The van der Waals surface area contributed by atoms with Gasteiger partial charge in [-0.3, -0.25) is 19.1 Å². The summed E-state index contributed by atoms with van der Waals surface area (Å²) in [4.78, 5) is 39.9. The van der Waals surface area contributed by atoms with Gasteiger partial charge in [0, 0.05) is 23.6 Å².